The van der Waals surface area contributed by atoms with Gasteiger partial charge in [0.05, 0.1) is 0 Å². The van der Waals surface area contributed by atoms with Gasteiger partial charge in [-0.2, -0.15) is 17.0 Å². The molecule has 0 spiro atoms. The largest absolute Gasteiger partial charge is 0.282 e. The third-order valence-electron chi connectivity index (χ3n) is 3.99. The van der Waals surface area contributed by atoms with Crippen LogP contribution in [0.15, 0.2) is 24.3 Å². The molecule has 0 N–H and O–H groups in total. The summed E-state index contributed by atoms with van der Waals surface area (Å²) >= 11 is 0. The maximum Gasteiger partial charge on any atom is 0.282 e. The summed E-state index contributed by atoms with van der Waals surface area (Å²) in [4.78, 5) is 0. The number of nitrogens with zero attached hydrogens (tertiary/aromatic N) is 2. The molecule has 1 aromatic rings. The van der Waals surface area contributed by atoms with E-state index in [1.165, 1.54) is 4.31 Å². The van der Waals surface area contributed by atoms with Gasteiger partial charge in [-0.05, 0) is 36.8 Å². The van der Waals surface area contributed by atoms with Gasteiger partial charge in [0.15, 0.2) is 0 Å². The van der Waals surface area contributed by atoms with E-state index < -0.39 is 10.2 Å². The minimum atomic E-state index is -3.34. The normalized spacial score (nSPS) is 21.3. The predicted octanol–water partition coefficient (Wildman–Crippen LogP) is 2.40. The Morgan fingerprint density at radius 1 is 1.35 bits per heavy atom. The van der Waals surface area contributed by atoms with Gasteiger partial charge in [0.25, 0.3) is 10.2 Å². The van der Waals surface area contributed by atoms with Crippen LogP contribution in [0.3, 0.4) is 0 Å². The second kappa shape index (κ2) is 6.24. The van der Waals surface area contributed by atoms with E-state index >= 15 is 0 Å². The molecule has 4 nitrogen and oxygen atoms in total. The van der Waals surface area contributed by atoms with Crippen molar-refractivity contribution in [1.29, 1.82) is 0 Å². The van der Waals surface area contributed by atoms with Crippen LogP contribution in [0, 0.1) is 12.8 Å². The van der Waals surface area contributed by atoms with Crippen LogP contribution in [0.2, 0.25) is 0 Å². The average Bonchev–Trinajstić information content (AvgIpc) is 2.41. The van der Waals surface area contributed by atoms with Crippen LogP contribution in [0.4, 0.5) is 0 Å². The smallest absolute Gasteiger partial charge is 0.195 e. The van der Waals surface area contributed by atoms with Crippen LogP contribution < -0.4 is 0 Å². The Kier molecular flexibility index (Phi) is 4.83. The highest BCUT2D eigenvalue weighted by atomic mass is 32.2. The lowest BCUT2D eigenvalue weighted by Crippen LogP contribution is -2.46. The molecule has 1 heterocycles. The second-order valence-corrected chi connectivity index (χ2v) is 7.83. The summed E-state index contributed by atoms with van der Waals surface area (Å²) in [7, 11) is -1.68. The fourth-order valence-corrected chi connectivity index (χ4v) is 4.16. The molecule has 0 radical (unpaired) electrons. The van der Waals surface area contributed by atoms with Crippen LogP contribution in [0.1, 0.15) is 30.9 Å². The minimum Gasteiger partial charge on any atom is -0.195 e. The molecule has 2 rings (SSSR count). The van der Waals surface area contributed by atoms with Gasteiger partial charge in [-0.1, -0.05) is 31.2 Å². The first-order chi connectivity index (χ1) is 9.41. The summed E-state index contributed by atoms with van der Waals surface area (Å²) in [6.07, 6.45) is 2.08. The first-order valence-corrected chi connectivity index (χ1v) is 8.57. The van der Waals surface area contributed by atoms with Gasteiger partial charge < -0.3 is 0 Å². The molecular formula is C15H24N2O2S. The summed E-state index contributed by atoms with van der Waals surface area (Å²) in [5, 5.41) is 0. The Labute approximate surface area is 122 Å². The third kappa shape index (κ3) is 3.40. The number of hydrogen-bond acceptors (Lipinski definition) is 2. The van der Waals surface area contributed by atoms with Crippen molar-refractivity contribution in [3.05, 3.63) is 35.4 Å². The lowest BCUT2D eigenvalue weighted by Gasteiger charge is -2.33. The van der Waals surface area contributed by atoms with Gasteiger partial charge in [0.1, 0.15) is 0 Å². The van der Waals surface area contributed by atoms with Crippen LogP contribution in [-0.4, -0.2) is 37.2 Å². The number of rotatable bonds is 4. The summed E-state index contributed by atoms with van der Waals surface area (Å²) < 4.78 is 28.3. The topological polar surface area (TPSA) is 40.6 Å². The molecule has 1 aliphatic heterocycles. The van der Waals surface area contributed by atoms with E-state index in [1.807, 2.05) is 31.2 Å². The molecular weight excluding hydrogens is 272 g/mol. The second-order valence-electron chi connectivity index (χ2n) is 5.80. The molecule has 1 saturated heterocycles. The van der Waals surface area contributed by atoms with Crippen LogP contribution >= 0.6 is 0 Å². The number of benzene rings is 1. The van der Waals surface area contributed by atoms with Gasteiger partial charge in [0, 0.05) is 26.7 Å². The van der Waals surface area contributed by atoms with Crippen molar-refractivity contribution in [3.63, 3.8) is 0 Å². The highest BCUT2D eigenvalue weighted by Gasteiger charge is 2.30. The van der Waals surface area contributed by atoms with E-state index in [0.29, 0.717) is 25.6 Å². The van der Waals surface area contributed by atoms with Crippen molar-refractivity contribution < 1.29 is 8.42 Å². The average molecular weight is 296 g/mol. The van der Waals surface area contributed by atoms with Gasteiger partial charge in [-0.3, -0.25) is 0 Å². The van der Waals surface area contributed by atoms with Gasteiger partial charge in [0.2, 0.25) is 0 Å². The van der Waals surface area contributed by atoms with Crippen molar-refractivity contribution in [2.45, 2.75) is 33.2 Å². The first-order valence-electron chi connectivity index (χ1n) is 7.17. The summed E-state index contributed by atoms with van der Waals surface area (Å²) in [6.45, 7) is 5.84. The summed E-state index contributed by atoms with van der Waals surface area (Å²) in [5.74, 6) is 0.449. The summed E-state index contributed by atoms with van der Waals surface area (Å²) in [6, 6.07) is 7.92. The zero-order valence-electron chi connectivity index (χ0n) is 12.5. The van der Waals surface area contributed by atoms with Crippen LogP contribution in [0.25, 0.3) is 0 Å². The lowest BCUT2D eigenvalue weighted by atomic mass is 10.0. The Morgan fingerprint density at radius 2 is 2.05 bits per heavy atom. The van der Waals surface area contributed by atoms with E-state index in [4.69, 9.17) is 0 Å². The lowest BCUT2D eigenvalue weighted by molar-refractivity contribution is 0.263. The van der Waals surface area contributed by atoms with E-state index in [9.17, 15) is 8.42 Å². The fraction of sp³-hybridized carbons (Fsp3) is 0.600. The zero-order chi connectivity index (χ0) is 14.8. The van der Waals surface area contributed by atoms with E-state index in [2.05, 4.69) is 6.92 Å². The molecule has 1 atom stereocenters. The van der Waals surface area contributed by atoms with Gasteiger partial charge in [-0.25, -0.2) is 0 Å². The Balaban J connectivity index is 2.11. The Bertz CT molecular complexity index is 557. The predicted molar refractivity (Wildman–Crippen MR) is 81.5 cm³/mol. The third-order valence-corrected chi connectivity index (χ3v) is 5.90. The molecule has 0 bridgehead atoms. The molecule has 1 aromatic carbocycles. The summed E-state index contributed by atoms with van der Waals surface area (Å²) in [5.41, 5.74) is 2.19. The Morgan fingerprint density at radius 3 is 2.70 bits per heavy atom. The molecule has 112 valence electrons. The van der Waals surface area contributed by atoms with Crippen LogP contribution in [-0.2, 0) is 16.8 Å². The first kappa shape index (κ1) is 15.5. The zero-order valence-corrected chi connectivity index (χ0v) is 13.4. The molecule has 0 aromatic heterocycles. The Hall–Kier alpha value is -0.910. The van der Waals surface area contributed by atoms with Crippen molar-refractivity contribution in [3.8, 4) is 0 Å². The number of piperidine rings is 1. The molecule has 0 aliphatic carbocycles. The molecule has 5 heteroatoms. The quantitative estimate of drug-likeness (QED) is 0.856. The van der Waals surface area contributed by atoms with Crippen LogP contribution in [0.5, 0.6) is 0 Å². The van der Waals surface area contributed by atoms with Crippen molar-refractivity contribution >= 4 is 10.2 Å². The monoisotopic (exact) mass is 296 g/mol. The molecule has 20 heavy (non-hydrogen) atoms. The highest BCUT2D eigenvalue weighted by molar-refractivity contribution is 7.86. The molecule has 1 aliphatic rings. The number of aryl methyl sites for hydroxylation is 1. The van der Waals surface area contributed by atoms with Gasteiger partial charge in [-0.15, -0.1) is 0 Å². The SMILES string of the molecule is Cc1ccccc1CN(C)S(=O)(=O)N1CCCC(C)C1. The maximum atomic E-state index is 12.6. The molecule has 0 saturated carbocycles. The fourth-order valence-electron chi connectivity index (χ4n) is 2.66. The maximum absolute atomic E-state index is 12.6. The van der Waals surface area contributed by atoms with Crippen molar-refractivity contribution in [2.75, 3.05) is 20.1 Å². The standard InChI is InChI=1S/C15H24N2O2S/c1-13-7-6-10-17(11-13)20(18,19)16(3)12-15-9-5-4-8-14(15)2/h4-5,8-9,13H,6-7,10-12H2,1-3H3. The van der Waals surface area contributed by atoms with E-state index in [1.54, 1.807) is 11.4 Å². The van der Waals surface area contributed by atoms with E-state index in [0.717, 1.165) is 24.0 Å². The molecule has 1 fully saturated rings. The minimum absolute atomic E-state index is 0.430. The van der Waals surface area contributed by atoms with Crippen molar-refractivity contribution in [2.24, 2.45) is 5.92 Å². The van der Waals surface area contributed by atoms with Gasteiger partial charge >= 0.3 is 0 Å². The van der Waals surface area contributed by atoms with Crippen molar-refractivity contribution in [1.82, 2.24) is 8.61 Å². The molecule has 1 unspecified atom stereocenters. The molecule has 0 amide bonds. The van der Waals surface area contributed by atoms with E-state index in [-0.39, 0.29) is 0 Å². The highest BCUT2D eigenvalue weighted by Crippen LogP contribution is 2.21. The number of hydrogen-bond donors (Lipinski definition) is 0.